The van der Waals surface area contributed by atoms with Crippen LogP contribution >= 0.6 is 31.9 Å². The molecular weight excluding hydrogens is 389 g/mol. The van der Waals surface area contributed by atoms with Gasteiger partial charge in [0.15, 0.2) is 0 Å². The fourth-order valence-corrected chi connectivity index (χ4v) is 2.99. The second-order valence-corrected chi connectivity index (χ2v) is 6.16. The summed E-state index contributed by atoms with van der Waals surface area (Å²) in [4.78, 5) is 0. The van der Waals surface area contributed by atoms with Gasteiger partial charge in [0.25, 0.3) is 0 Å². The molecule has 0 fully saturated rings. The predicted molar refractivity (Wildman–Crippen MR) is 86.9 cm³/mol. The maximum absolute atomic E-state index is 13.1. The van der Waals surface area contributed by atoms with Crippen LogP contribution in [-0.4, -0.2) is 7.11 Å². The number of aryl methyl sites for hydroxylation is 1. The predicted octanol–water partition coefficient (Wildman–Crippen LogP) is 5.28. The SMILES string of the molecule is COc1cc(Br)cc(C)c1NCc1ccc(F)cc1Br. The van der Waals surface area contributed by atoms with Crippen molar-refractivity contribution in [3.05, 3.63) is 56.2 Å². The Labute approximate surface area is 134 Å². The first kappa shape index (κ1) is 15.3. The summed E-state index contributed by atoms with van der Waals surface area (Å²) in [6, 6.07) is 8.60. The van der Waals surface area contributed by atoms with Gasteiger partial charge in [0.05, 0.1) is 12.8 Å². The smallest absolute Gasteiger partial charge is 0.143 e. The van der Waals surface area contributed by atoms with Crippen LogP contribution in [0.15, 0.2) is 39.3 Å². The number of methoxy groups -OCH3 is 1. The quantitative estimate of drug-likeness (QED) is 0.751. The van der Waals surface area contributed by atoms with Crippen molar-refractivity contribution in [2.45, 2.75) is 13.5 Å². The summed E-state index contributed by atoms with van der Waals surface area (Å²) < 4.78 is 20.2. The molecule has 0 unspecified atom stereocenters. The Morgan fingerprint density at radius 1 is 1.20 bits per heavy atom. The average molecular weight is 403 g/mol. The summed E-state index contributed by atoms with van der Waals surface area (Å²) in [6.07, 6.45) is 0. The molecule has 0 aliphatic rings. The molecule has 2 aromatic carbocycles. The molecule has 0 saturated heterocycles. The van der Waals surface area contributed by atoms with Crippen molar-refractivity contribution in [2.24, 2.45) is 0 Å². The lowest BCUT2D eigenvalue weighted by Crippen LogP contribution is -2.04. The number of rotatable bonds is 4. The summed E-state index contributed by atoms with van der Waals surface area (Å²) in [7, 11) is 1.64. The summed E-state index contributed by atoms with van der Waals surface area (Å²) in [6.45, 7) is 2.59. The number of hydrogen-bond donors (Lipinski definition) is 1. The van der Waals surface area contributed by atoms with Crippen molar-refractivity contribution < 1.29 is 9.13 Å². The molecule has 0 atom stereocenters. The summed E-state index contributed by atoms with van der Waals surface area (Å²) in [5, 5.41) is 3.34. The van der Waals surface area contributed by atoms with Crippen molar-refractivity contribution in [3.63, 3.8) is 0 Å². The van der Waals surface area contributed by atoms with E-state index in [0.29, 0.717) is 6.54 Å². The van der Waals surface area contributed by atoms with E-state index in [1.807, 2.05) is 19.1 Å². The maximum Gasteiger partial charge on any atom is 0.143 e. The van der Waals surface area contributed by atoms with Crippen LogP contribution in [0.1, 0.15) is 11.1 Å². The third kappa shape index (κ3) is 3.52. The molecule has 2 nitrogen and oxygen atoms in total. The van der Waals surface area contributed by atoms with Gasteiger partial charge in [-0.1, -0.05) is 37.9 Å². The topological polar surface area (TPSA) is 21.3 Å². The van der Waals surface area contributed by atoms with Gasteiger partial charge in [-0.15, -0.1) is 0 Å². The molecule has 0 aromatic heterocycles. The van der Waals surface area contributed by atoms with E-state index in [1.54, 1.807) is 13.2 Å². The Balaban J connectivity index is 2.22. The van der Waals surface area contributed by atoms with E-state index < -0.39 is 0 Å². The summed E-state index contributed by atoms with van der Waals surface area (Å²) in [5.41, 5.74) is 3.00. The molecule has 0 radical (unpaired) electrons. The number of hydrogen-bond acceptors (Lipinski definition) is 2. The maximum atomic E-state index is 13.1. The summed E-state index contributed by atoms with van der Waals surface area (Å²) in [5.74, 6) is 0.521. The van der Waals surface area contributed by atoms with Crippen molar-refractivity contribution in [1.82, 2.24) is 0 Å². The number of halogens is 3. The number of anilines is 1. The van der Waals surface area contributed by atoms with Gasteiger partial charge in [-0.2, -0.15) is 0 Å². The Morgan fingerprint density at radius 3 is 2.60 bits per heavy atom. The van der Waals surface area contributed by atoms with Crippen LogP contribution in [0.25, 0.3) is 0 Å². The zero-order chi connectivity index (χ0) is 14.7. The fraction of sp³-hybridized carbons (Fsp3) is 0.200. The van der Waals surface area contributed by atoms with E-state index in [9.17, 15) is 4.39 Å². The highest BCUT2D eigenvalue weighted by atomic mass is 79.9. The first-order valence-electron chi connectivity index (χ1n) is 6.03. The molecule has 0 amide bonds. The van der Waals surface area contributed by atoms with Crippen LogP contribution < -0.4 is 10.1 Å². The minimum absolute atomic E-state index is 0.252. The molecule has 0 aliphatic heterocycles. The van der Waals surface area contributed by atoms with Gasteiger partial charge in [0.1, 0.15) is 11.6 Å². The molecule has 106 valence electrons. The number of ether oxygens (including phenoxy) is 1. The van der Waals surface area contributed by atoms with Gasteiger partial charge in [-0.05, 0) is 42.3 Å². The molecule has 0 saturated carbocycles. The van der Waals surface area contributed by atoms with Crippen LogP contribution in [0.3, 0.4) is 0 Å². The summed E-state index contributed by atoms with van der Waals surface area (Å²) >= 11 is 6.81. The second kappa shape index (κ2) is 6.59. The molecule has 0 aliphatic carbocycles. The van der Waals surface area contributed by atoms with Crippen molar-refractivity contribution in [3.8, 4) is 5.75 Å². The highest BCUT2D eigenvalue weighted by Crippen LogP contribution is 2.32. The number of nitrogens with one attached hydrogen (secondary N) is 1. The Bertz CT molecular complexity index is 632. The monoisotopic (exact) mass is 401 g/mol. The van der Waals surface area contributed by atoms with E-state index in [4.69, 9.17) is 4.74 Å². The molecule has 0 heterocycles. The minimum atomic E-state index is -0.252. The van der Waals surface area contributed by atoms with E-state index >= 15 is 0 Å². The normalized spacial score (nSPS) is 10.4. The minimum Gasteiger partial charge on any atom is -0.495 e. The standard InChI is InChI=1S/C15H14Br2FNO/c1-9-5-11(16)6-14(20-2)15(9)19-8-10-3-4-12(18)7-13(10)17/h3-7,19H,8H2,1-2H3. The third-order valence-corrected chi connectivity index (χ3v) is 4.15. The lowest BCUT2D eigenvalue weighted by molar-refractivity contribution is 0.416. The first-order valence-corrected chi connectivity index (χ1v) is 7.62. The largest absolute Gasteiger partial charge is 0.495 e. The van der Waals surface area contributed by atoms with Gasteiger partial charge in [0, 0.05) is 15.5 Å². The molecule has 5 heteroatoms. The van der Waals surface area contributed by atoms with E-state index in [2.05, 4.69) is 37.2 Å². The van der Waals surface area contributed by atoms with Gasteiger partial charge >= 0.3 is 0 Å². The first-order chi connectivity index (χ1) is 9.51. The van der Waals surface area contributed by atoms with Gasteiger partial charge in [-0.25, -0.2) is 4.39 Å². The van der Waals surface area contributed by atoms with Crippen LogP contribution in [0.4, 0.5) is 10.1 Å². The van der Waals surface area contributed by atoms with Crippen LogP contribution in [-0.2, 0) is 6.54 Å². The van der Waals surface area contributed by atoms with Crippen molar-refractivity contribution in [1.29, 1.82) is 0 Å². The van der Waals surface area contributed by atoms with Crippen LogP contribution in [0.2, 0.25) is 0 Å². The lowest BCUT2D eigenvalue weighted by atomic mass is 10.1. The van der Waals surface area contributed by atoms with E-state index in [1.165, 1.54) is 12.1 Å². The third-order valence-electron chi connectivity index (χ3n) is 2.95. The lowest BCUT2D eigenvalue weighted by Gasteiger charge is -2.15. The Kier molecular flexibility index (Phi) is 5.05. The Hall–Kier alpha value is -1.07. The zero-order valence-electron chi connectivity index (χ0n) is 11.1. The van der Waals surface area contributed by atoms with E-state index in [0.717, 1.165) is 31.5 Å². The van der Waals surface area contributed by atoms with Gasteiger partial charge in [0.2, 0.25) is 0 Å². The molecule has 20 heavy (non-hydrogen) atoms. The number of benzene rings is 2. The molecule has 0 spiro atoms. The van der Waals surface area contributed by atoms with Crippen LogP contribution in [0.5, 0.6) is 5.75 Å². The van der Waals surface area contributed by atoms with Crippen LogP contribution in [0, 0.1) is 12.7 Å². The van der Waals surface area contributed by atoms with Gasteiger partial charge < -0.3 is 10.1 Å². The second-order valence-electron chi connectivity index (χ2n) is 4.39. The highest BCUT2D eigenvalue weighted by Gasteiger charge is 2.09. The fourth-order valence-electron chi connectivity index (χ4n) is 1.95. The average Bonchev–Trinajstić information content (AvgIpc) is 2.38. The molecular formula is C15H14Br2FNO. The molecule has 1 N–H and O–H groups in total. The molecule has 2 aromatic rings. The Morgan fingerprint density at radius 2 is 1.95 bits per heavy atom. The van der Waals surface area contributed by atoms with E-state index in [-0.39, 0.29) is 5.82 Å². The van der Waals surface area contributed by atoms with Crippen molar-refractivity contribution >= 4 is 37.5 Å². The molecule has 2 rings (SSSR count). The van der Waals surface area contributed by atoms with Crippen molar-refractivity contribution in [2.75, 3.05) is 12.4 Å². The molecule has 0 bridgehead atoms. The van der Waals surface area contributed by atoms with Gasteiger partial charge in [-0.3, -0.25) is 0 Å². The zero-order valence-corrected chi connectivity index (χ0v) is 14.3. The highest BCUT2D eigenvalue weighted by molar-refractivity contribution is 9.10.